The first-order valence-corrected chi connectivity index (χ1v) is 8.56. The first-order valence-electron chi connectivity index (χ1n) is 7.39. The van der Waals surface area contributed by atoms with E-state index in [1.165, 1.54) is 6.20 Å². The molecule has 1 atom stereocenters. The number of amidine groups is 1. The van der Waals surface area contributed by atoms with Gasteiger partial charge in [-0.3, -0.25) is 4.79 Å². The summed E-state index contributed by atoms with van der Waals surface area (Å²) in [5, 5.41) is 12.0. The Labute approximate surface area is 163 Å². The molecule has 0 saturated heterocycles. The van der Waals surface area contributed by atoms with E-state index in [2.05, 4.69) is 36.2 Å². The van der Waals surface area contributed by atoms with Crippen LogP contribution in [0.15, 0.2) is 51.0 Å². The number of pyridine rings is 1. The largest absolute Gasteiger partial charge is 0.390 e. The van der Waals surface area contributed by atoms with E-state index < -0.39 is 6.04 Å². The standard InChI is InChI=1S/C17H14BrClN6O/c1-10(24-17(26)12-4-13(18)6-14(19)5-12)16(23-9-21)25-15-3-2-11(7-20)8-22-15/h2-6,8-10H,1H3,(H,24,26)(H2,21,22,23,25). The summed E-state index contributed by atoms with van der Waals surface area (Å²) in [6, 6.07) is 9.49. The van der Waals surface area contributed by atoms with Gasteiger partial charge in [0.05, 0.1) is 17.9 Å². The molecule has 2 aromatic rings. The van der Waals surface area contributed by atoms with Crippen LogP contribution in [0.2, 0.25) is 5.02 Å². The third-order valence-corrected chi connectivity index (χ3v) is 3.85. The molecular formula is C17H14BrClN6O. The summed E-state index contributed by atoms with van der Waals surface area (Å²) < 4.78 is 0.693. The molecule has 132 valence electrons. The van der Waals surface area contributed by atoms with Crippen molar-refractivity contribution >= 4 is 51.4 Å². The van der Waals surface area contributed by atoms with Gasteiger partial charge < -0.3 is 11.1 Å². The van der Waals surface area contributed by atoms with Crippen LogP contribution in [0.3, 0.4) is 0 Å². The number of carbonyl (C=O) groups excluding carboxylic acids is 1. The van der Waals surface area contributed by atoms with Gasteiger partial charge in [0.15, 0.2) is 11.7 Å². The van der Waals surface area contributed by atoms with Crippen LogP contribution < -0.4 is 11.1 Å². The molecule has 7 nitrogen and oxygen atoms in total. The molecule has 2 rings (SSSR count). The van der Waals surface area contributed by atoms with Gasteiger partial charge in [0.2, 0.25) is 0 Å². The second-order valence-corrected chi connectivity index (χ2v) is 6.47. The number of nitrogens with two attached hydrogens (primary N) is 1. The van der Waals surface area contributed by atoms with Gasteiger partial charge in [0.1, 0.15) is 6.07 Å². The van der Waals surface area contributed by atoms with Crippen molar-refractivity contribution < 1.29 is 4.79 Å². The van der Waals surface area contributed by atoms with Gasteiger partial charge in [0, 0.05) is 21.3 Å². The van der Waals surface area contributed by atoms with Crippen LogP contribution in [-0.4, -0.2) is 29.1 Å². The maximum Gasteiger partial charge on any atom is 0.251 e. The summed E-state index contributed by atoms with van der Waals surface area (Å²) in [5.41, 5.74) is 6.19. The number of carbonyl (C=O) groups is 1. The van der Waals surface area contributed by atoms with Gasteiger partial charge in [-0.05, 0) is 37.3 Å². The minimum Gasteiger partial charge on any atom is -0.390 e. The van der Waals surface area contributed by atoms with Crippen LogP contribution >= 0.6 is 27.5 Å². The number of aliphatic imine (C=N–C) groups is 2. The van der Waals surface area contributed by atoms with E-state index in [9.17, 15) is 4.79 Å². The number of benzene rings is 1. The van der Waals surface area contributed by atoms with E-state index in [4.69, 9.17) is 22.6 Å². The number of nitrogens with zero attached hydrogens (tertiary/aromatic N) is 4. The highest BCUT2D eigenvalue weighted by Gasteiger charge is 2.15. The van der Waals surface area contributed by atoms with Crippen LogP contribution in [0.4, 0.5) is 5.82 Å². The maximum absolute atomic E-state index is 12.4. The predicted octanol–water partition coefficient (Wildman–Crippen LogP) is 3.20. The number of amides is 1. The lowest BCUT2D eigenvalue weighted by Gasteiger charge is -2.14. The SMILES string of the molecule is CC(NC(=O)c1cc(Cl)cc(Br)c1)C(N=CN)=Nc1ccc(C#N)cn1. The highest BCUT2D eigenvalue weighted by atomic mass is 79.9. The van der Waals surface area contributed by atoms with E-state index in [-0.39, 0.29) is 11.7 Å². The van der Waals surface area contributed by atoms with E-state index >= 15 is 0 Å². The molecule has 1 heterocycles. The Bertz CT molecular complexity index is 884. The molecule has 0 aliphatic carbocycles. The molecule has 1 amide bonds. The Kier molecular flexibility index (Phi) is 6.83. The molecule has 9 heteroatoms. The van der Waals surface area contributed by atoms with E-state index in [1.807, 2.05) is 6.07 Å². The van der Waals surface area contributed by atoms with Crippen LogP contribution in [0.1, 0.15) is 22.8 Å². The topological polar surface area (TPSA) is 117 Å². The van der Waals surface area contributed by atoms with Crippen molar-refractivity contribution in [2.24, 2.45) is 15.7 Å². The van der Waals surface area contributed by atoms with Crippen molar-refractivity contribution in [1.29, 1.82) is 5.26 Å². The first kappa shape index (κ1) is 19.6. The molecule has 0 bridgehead atoms. The molecule has 1 aromatic carbocycles. The Hall–Kier alpha value is -2.76. The second kappa shape index (κ2) is 9.08. The molecule has 26 heavy (non-hydrogen) atoms. The summed E-state index contributed by atoms with van der Waals surface area (Å²) in [4.78, 5) is 24.7. The minimum atomic E-state index is -0.544. The molecule has 0 fully saturated rings. The van der Waals surface area contributed by atoms with E-state index in [0.717, 1.165) is 6.34 Å². The van der Waals surface area contributed by atoms with Crippen LogP contribution in [0.5, 0.6) is 0 Å². The van der Waals surface area contributed by atoms with Crippen molar-refractivity contribution in [2.75, 3.05) is 0 Å². The highest BCUT2D eigenvalue weighted by Crippen LogP contribution is 2.19. The summed E-state index contributed by atoms with van der Waals surface area (Å²) in [7, 11) is 0. The van der Waals surface area contributed by atoms with Crippen LogP contribution in [0.25, 0.3) is 0 Å². The van der Waals surface area contributed by atoms with E-state index in [0.29, 0.717) is 26.4 Å². The van der Waals surface area contributed by atoms with Gasteiger partial charge in [-0.15, -0.1) is 0 Å². The molecular weight excluding hydrogens is 420 g/mol. The lowest BCUT2D eigenvalue weighted by Crippen LogP contribution is -2.38. The average Bonchev–Trinajstić information content (AvgIpc) is 2.61. The number of halogens is 2. The Morgan fingerprint density at radius 1 is 1.46 bits per heavy atom. The fourth-order valence-corrected chi connectivity index (χ4v) is 2.84. The van der Waals surface area contributed by atoms with Crippen LogP contribution in [0, 0.1) is 11.3 Å². The molecule has 0 spiro atoms. The Morgan fingerprint density at radius 2 is 2.23 bits per heavy atom. The van der Waals surface area contributed by atoms with Crippen LogP contribution in [-0.2, 0) is 0 Å². The molecule has 0 aliphatic heterocycles. The Balaban J connectivity index is 2.22. The molecule has 0 saturated carbocycles. The summed E-state index contributed by atoms with van der Waals surface area (Å²) in [6.45, 7) is 1.72. The summed E-state index contributed by atoms with van der Waals surface area (Å²) in [6.07, 6.45) is 2.48. The van der Waals surface area contributed by atoms with Gasteiger partial charge in [-0.2, -0.15) is 5.26 Å². The highest BCUT2D eigenvalue weighted by molar-refractivity contribution is 9.10. The molecule has 3 N–H and O–H groups in total. The van der Waals surface area contributed by atoms with Gasteiger partial charge >= 0.3 is 0 Å². The lowest BCUT2D eigenvalue weighted by atomic mass is 10.2. The Morgan fingerprint density at radius 3 is 2.81 bits per heavy atom. The van der Waals surface area contributed by atoms with Crippen molar-refractivity contribution in [2.45, 2.75) is 13.0 Å². The lowest BCUT2D eigenvalue weighted by molar-refractivity contribution is 0.0949. The quantitative estimate of drug-likeness (QED) is 0.568. The smallest absolute Gasteiger partial charge is 0.251 e. The molecule has 1 aromatic heterocycles. The first-order chi connectivity index (χ1) is 12.4. The van der Waals surface area contributed by atoms with Gasteiger partial charge in [-0.1, -0.05) is 27.5 Å². The number of hydrogen-bond donors (Lipinski definition) is 2. The molecule has 0 radical (unpaired) electrons. The minimum absolute atomic E-state index is 0.263. The molecule has 0 aliphatic rings. The van der Waals surface area contributed by atoms with Gasteiger partial charge in [-0.25, -0.2) is 15.0 Å². The summed E-state index contributed by atoms with van der Waals surface area (Å²) in [5.74, 6) is 0.267. The fraction of sp³-hybridized carbons (Fsp3) is 0.118. The number of nitrogens with one attached hydrogen (secondary N) is 1. The number of rotatable bonds is 4. The average molecular weight is 434 g/mol. The fourth-order valence-electron chi connectivity index (χ4n) is 1.98. The monoisotopic (exact) mass is 432 g/mol. The predicted molar refractivity (Wildman–Crippen MR) is 105 cm³/mol. The van der Waals surface area contributed by atoms with Crippen molar-refractivity contribution in [3.63, 3.8) is 0 Å². The molecule has 1 unspecified atom stereocenters. The third kappa shape index (κ3) is 5.37. The zero-order valence-corrected chi connectivity index (χ0v) is 16.0. The zero-order chi connectivity index (χ0) is 19.1. The second-order valence-electron chi connectivity index (χ2n) is 5.12. The van der Waals surface area contributed by atoms with Gasteiger partial charge in [0.25, 0.3) is 5.91 Å². The van der Waals surface area contributed by atoms with E-state index in [1.54, 1.807) is 37.3 Å². The van der Waals surface area contributed by atoms with Crippen molar-refractivity contribution in [1.82, 2.24) is 10.3 Å². The van der Waals surface area contributed by atoms with Crippen molar-refractivity contribution in [3.05, 3.63) is 57.2 Å². The number of aromatic nitrogens is 1. The maximum atomic E-state index is 12.4. The van der Waals surface area contributed by atoms with Crippen molar-refractivity contribution in [3.8, 4) is 6.07 Å². The third-order valence-electron chi connectivity index (χ3n) is 3.17. The number of hydrogen-bond acceptors (Lipinski definition) is 4. The number of nitriles is 1. The summed E-state index contributed by atoms with van der Waals surface area (Å²) >= 11 is 9.27. The normalized spacial score (nSPS) is 12.6. The zero-order valence-electron chi connectivity index (χ0n) is 13.6.